The Balaban J connectivity index is 1.68. The number of rotatable bonds is 4. The number of hydrogen-bond donors (Lipinski definition) is 1. The average molecular weight is 209 g/mol. The van der Waals surface area contributed by atoms with Crippen molar-refractivity contribution in [1.29, 1.82) is 0 Å². The smallest absolute Gasteiger partial charge is 0.120 e. The van der Waals surface area contributed by atoms with Crippen LogP contribution in [0.3, 0.4) is 0 Å². The molecular weight excluding hydrogens is 193 g/mol. The molecule has 0 aromatic heterocycles. The molecule has 2 nitrogen and oxygen atoms in total. The van der Waals surface area contributed by atoms with Crippen LogP contribution in [-0.2, 0) is 11.3 Å². The molecule has 2 rings (SSSR count). The Morgan fingerprint density at radius 3 is 2.67 bits per heavy atom. The van der Waals surface area contributed by atoms with Gasteiger partial charge in [-0.15, -0.1) is 0 Å². The first-order chi connectivity index (χ1) is 7.27. The molecule has 3 atom stereocenters. The Kier molecular flexibility index (Phi) is 3.34. The third kappa shape index (κ3) is 2.55. The molecular formula is C12H16FNO. The fraction of sp³-hybridized carbons (Fsp3) is 0.500. The quantitative estimate of drug-likeness (QED) is 0.821. The van der Waals surface area contributed by atoms with Crippen LogP contribution in [0.1, 0.15) is 12.0 Å². The van der Waals surface area contributed by atoms with Gasteiger partial charge >= 0.3 is 0 Å². The highest BCUT2D eigenvalue weighted by atomic mass is 19.1. The lowest BCUT2D eigenvalue weighted by atomic mass is 9.79. The molecule has 1 fully saturated rings. The average Bonchev–Trinajstić information content (AvgIpc) is 2.29. The SMILES string of the molecule is N[C@@H]1C[C@H](COCc2ccccc2)C1F. The van der Waals surface area contributed by atoms with E-state index in [1.165, 1.54) is 0 Å². The predicted octanol–water partition coefficient (Wildman–Crippen LogP) is 1.89. The van der Waals surface area contributed by atoms with Gasteiger partial charge in [0.2, 0.25) is 0 Å². The van der Waals surface area contributed by atoms with Crippen molar-refractivity contribution in [3.63, 3.8) is 0 Å². The first-order valence-corrected chi connectivity index (χ1v) is 5.28. The van der Waals surface area contributed by atoms with Crippen molar-refractivity contribution in [3.05, 3.63) is 35.9 Å². The summed E-state index contributed by atoms with van der Waals surface area (Å²) < 4.78 is 18.5. The number of hydrogen-bond acceptors (Lipinski definition) is 2. The van der Waals surface area contributed by atoms with Crippen LogP contribution in [0.2, 0.25) is 0 Å². The summed E-state index contributed by atoms with van der Waals surface area (Å²) in [6, 6.07) is 9.63. The number of benzene rings is 1. The molecule has 0 saturated heterocycles. The zero-order valence-electron chi connectivity index (χ0n) is 8.60. The molecule has 3 heteroatoms. The Hall–Kier alpha value is -0.930. The zero-order chi connectivity index (χ0) is 10.7. The van der Waals surface area contributed by atoms with E-state index in [9.17, 15) is 4.39 Å². The van der Waals surface area contributed by atoms with E-state index in [4.69, 9.17) is 10.5 Å². The zero-order valence-corrected chi connectivity index (χ0v) is 8.60. The second-order valence-electron chi connectivity index (χ2n) is 4.10. The van der Waals surface area contributed by atoms with E-state index in [1.807, 2.05) is 30.3 Å². The molecule has 0 aliphatic heterocycles. The van der Waals surface area contributed by atoms with Crippen LogP contribution in [0, 0.1) is 5.92 Å². The molecule has 15 heavy (non-hydrogen) atoms. The Labute approximate surface area is 89.2 Å². The van der Waals surface area contributed by atoms with Crippen LogP contribution in [0.25, 0.3) is 0 Å². The molecule has 0 radical (unpaired) electrons. The van der Waals surface area contributed by atoms with Gasteiger partial charge in [0, 0.05) is 12.0 Å². The van der Waals surface area contributed by atoms with E-state index in [-0.39, 0.29) is 12.0 Å². The van der Waals surface area contributed by atoms with Crippen molar-refractivity contribution in [2.24, 2.45) is 11.7 Å². The number of halogens is 1. The maximum Gasteiger partial charge on any atom is 0.120 e. The lowest BCUT2D eigenvalue weighted by molar-refractivity contribution is -0.00675. The summed E-state index contributed by atoms with van der Waals surface area (Å²) >= 11 is 0. The van der Waals surface area contributed by atoms with Gasteiger partial charge in [-0.1, -0.05) is 30.3 Å². The first kappa shape index (κ1) is 10.6. The molecule has 0 bridgehead atoms. The van der Waals surface area contributed by atoms with E-state index in [2.05, 4.69) is 0 Å². The lowest BCUT2D eigenvalue weighted by Crippen LogP contribution is -2.51. The normalized spacial score (nSPS) is 29.9. The van der Waals surface area contributed by atoms with Gasteiger partial charge in [-0.05, 0) is 12.0 Å². The monoisotopic (exact) mass is 209 g/mol. The lowest BCUT2D eigenvalue weighted by Gasteiger charge is -2.36. The van der Waals surface area contributed by atoms with Gasteiger partial charge in [0.05, 0.1) is 13.2 Å². The minimum atomic E-state index is -0.874. The van der Waals surface area contributed by atoms with Crippen LogP contribution >= 0.6 is 0 Å². The Morgan fingerprint density at radius 1 is 1.33 bits per heavy atom. The molecule has 1 aromatic rings. The second-order valence-corrected chi connectivity index (χ2v) is 4.10. The van der Waals surface area contributed by atoms with Crippen LogP contribution in [0.15, 0.2) is 30.3 Å². The summed E-state index contributed by atoms with van der Waals surface area (Å²) in [5.41, 5.74) is 6.59. The summed E-state index contributed by atoms with van der Waals surface area (Å²) in [5.74, 6) is 0.00344. The van der Waals surface area contributed by atoms with Gasteiger partial charge in [0.15, 0.2) is 0 Å². The molecule has 1 aromatic carbocycles. The van der Waals surface area contributed by atoms with E-state index in [0.29, 0.717) is 13.2 Å². The highest BCUT2D eigenvalue weighted by Gasteiger charge is 2.38. The highest BCUT2D eigenvalue weighted by molar-refractivity contribution is 5.13. The van der Waals surface area contributed by atoms with Gasteiger partial charge in [-0.3, -0.25) is 0 Å². The van der Waals surface area contributed by atoms with Crippen LogP contribution in [-0.4, -0.2) is 18.8 Å². The molecule has 0 amide bonds. The molecule has 0 spiro atoms. The summed E-state index contributed by atoms with van der Waals surface area (Å²) in [4.78, 5) is 0. The summed E-state index contributed by atoms with van der Waals surface area (Å²) in [5, 5.41) is 0. The third-order valence-electron chi connectivity index (χ3n) is 2.88. The fourth-order valence-electron chi connectivity index (χ4n) is 1.83. The van der Waals surface area contributed by atoms with E-state index < -0.39 is 6.17 Å². The summed E-state index contributed by atoms with van der Waals surface area (Å²) in [7, 11) is 0. The number of alkyl halides is 1. The Bertz CT molecular complexity index is 304. The number of nitrogens with two attached hydrogens (primary N) is 1. The van der Waals surface area contributed by atoms with E-state index >= 15 is 0 Å². The van der Waals surface area contributed by atoms with Gasteiger partial charge in [0.1, 0.15) is 6.17 Å². The maximum absolute atomic E-state index is 13.1. The standard InChI is InChI=1S/C12H16FNO/c13-12-10(6-11(12)14)8-15-7-9-4-2-1-3-5-9/h1-5,10-12H,6-8,14H2/t10-,11-,12?/m1/s1. The van der Waals surface area contributed by atoms with Gasteiger partial charge < -0.3 is 10.5 Å². The van der Waals surface area contributed by atoms with Crippen molar-refractivity contribution < 1.29 is 9.13 Å². The van der Waals surface area contributed by atoms with Crippen molar-refractivity contribution >= 4 is 0 Å². The van der Waals surface area contributed by atoms with Crippen LogP contribution in [0.4, 0.5) is 4.39 Å². The minimum Gasteiger partial charge on any atom is -0.376 e. The minimum absolute atomic E-state index is 0.00344. The van der Waals surface area contributed by atoms with E-state index in [1.54, 1.807) is 0 Å². The summed E-state index contributed by atoms with van der Waals surface area (Å²) in [6.07, 6.45) is -0.128. The highest BCUT2D eigenvalue weighted by Crippen LogP contribution is 2.29. The number of ether oxygens (including phenoxy) is 1. The van der Waals surface area contributed by atoms with Crippen molar-refractivity contribution in [3.8, 4) is 0 Å². The second kappa shape index (κ2) is 4.73. The molecule has 1 unspecified atom stereocenters. The van der Waals surface area contributed by atoms with E-state index in [0.717, 1.165) is 12.0 Å². The van der Waals surface area contributed by atoms with Crippen LogP contribution < -0.4 is 5.73 Å². The van der Waals surface area contributed by atoms with Crippen molar-refractivity contribution in [2.75, 3.05) is 6.61 Å². The maximum atomic E-state index is 13.1. The molecule has 82 valence electrons. The largest absolute Gasteiger partial charge is 0.376 e. The van der Waals surface area contributed by atoms with Gasteiger partial charge in [-0.25, -0.2) is 4.39 Å². The van der Waals surface area contributed by atoms with Gasteiger partial charge in [-0.2, -0.15) is 0 Å². The fourth-order valence-corrected chi connectivity index (χ4v) is 1.83. The molecule has 1 saturated carbocycles. The Morgan fingerprint density at radius 2 is 2.07 bits per heavy atom. The summed E-state index contributed by atoms with van der Waals surface area (Å²) in [6.45, 7) is 1.03. The molecule has 1 aliphatic carbocycles. The van der Waals surface area contributed by atoms with Crippen molar-refractivity contribution in [1.82, 2.24) is 0 Å². The van der Waals surface area contributed by atoms with Gasteiger partial charge in [0.25, 0.3) is 0 Å². The molecule has 0 heterocycles. The third-order valence-corrected chi connectivity index (χ3v) is 2.88. The first-order valence-electron chi connectivity index (χ1n) is 5.28. The molecule has 1 aliphatic rings. The topological polar surface area (TPSA) is 35.2 Å². The molecule has 2 N–H and O–H groups in total. The van der Waals surface area contributed by atoms with Crippen LogP contribution in [0.5, 0.6) is 0 Å². The van der Waals surface area contributed by atoms with Crippen molar-refractivity contribution in [2.45, 2.75) is 25.2 Å². The predicted molar refractivity (Wildman–Crippen MR) is 57.1 cm³/mol.